The van der Waals surface area contributed by atoms with Crippen LogP contribution in [0.25, 0.3) is 10.8 Å². The van der Waals surface area contributed by atoms with Crippen molar-refractivity contribution in [2.45, 2.75) is 11.6 Å². The van der Waals surface area contributed by atoms with Gasteiger partial charge in [0, 0.05) is 0 Å². The van der Waals surface area contributed by atoms with Crippen LogP contribution in [0.15, 0.2) is 91.0 Å². The van der Waals surface area contributed by atoms with E-state index in [4.69, 9.17) is 15.2 Å². The summed E-state index contributed by atoms with van der Waals surface area (Å²) in [6.45, 7) is 0. The molecular formula is C26H25NO3. The van der Waals surface area contributed by atoms with Crippen LogP contribution < -0.4 is 15.2 Å². The van der Waals surface area contributed by atoms with Crippen molar-refractivity contribution in [2.24, 2.45) is 5.73 Å². The third-order valence-corrected chi connectivity index (χ3v) is 5.67. The van der Waals surface area contributed by atoms with E-state index in [-0.39, 0.29) is 0 Å². The maximum atomic E-state index is 12.2. The number of methoxy groups -OCH3 is 2. The van der Waals surface area contributed by atoms with Crippen molar-refractivity contribution in [3.8, 4) is 11.5 Å². The minimum absolute atomic E-state index is 0.689. The van der Waals surface area contributed by atoms with Crippen molar-refractivity contribution >= 4 is 10.8 Å². The monoisotopic (exact) mass is 399 g/mol. The first-order valence-corrected chi connectivity index (χ1v) is 9.82. The van der Waals surface area contributed by atoms with E-state index in [9.17, 15) is 5.11 Å². The normalized spacial score (nSPS) is 12.5. The van der Waals surface area contributed by atoms with Crippen molar-refractivity contribution in [3.05, 3.63) is 108 Å². The lowest BCUT2D eigenvalue weighted by Gasteiger charge is -2.36. The van der Waals surface area contributed by atoms with E-state index >= 15 is 0 Å². The summed E-state index contributed by atoms with van der Waals surface area (Å²) in [6, 6.07) is 28.1. The van der Waals surface area contributed by atoms with Crippen molar-refractivity contribution < 1.29 is 14.6 Å². The molecule has 0 heterocycles. The lowest BCUT2D eigenvalue weighted by Crippen LogP contribution is -2.40. The fourth-order valence-electron chi connectivity index (χ4n) is 3.96. The molecule has 0 aliphatic rings. The zero-order valence-electron chi connectivity index (χ0n) is 17.1. The Labute approximate surface area is 176 Å². The number of hydrogen-bond donors (Lipinski definition) is 2. The maximum absolute atomic E-state index is 12.2. The number of fused-ring (bicyclic) bond motifs is 1. The average Bonchev–Trinajstić information content (AvgIpc) is 2.82. The van der Waals surface area contributed by atoms with Gasteiger partial charge >= 0.3 is 0 Å². The Morgan fingerprint density at radius 1 is 0.700 bits per heavy atom. The molecule has 0 saturated carbocycles. The Bertz CT molecular complexity index is 1080. The number of benzene rings is 4. The highest BCUT2D eigenvalue weighted by Gasteiger charge is 2.40. The van der Waals surface area contributed by atoms with Gasteiger partial charge in [0.2, 0.25) is 0 Å². The molecule has 4 nitrogen and oxygen atoms in total. The number of ether oxygens (including phenoxy) is 2. The number of rotatable bonds is 6. The minimum atomic E-state index is -1.46. The van der Waals surface area contributed by atoms with Gasteiger partial charge in [0.15, 0.2) is 0 Å². The van der Waals surface area contributed by atoms with E-state index in [0.29, 0.717) is 11.1 Å². The van der Waals surface area contributed by atoms with Crippen molar-refractivity contribution in [1.82, 2.24) is 0 Å². The average molecular weight is 399 g/mol. The van der Waals surface area contributed by atoms with Crippen LogP contribution in [-0.4, -0.2) is 19.3 Å². The molecule has 0 fully saturated rings. The van der Waals surface area contributed by atoms with Gasteiger partial charge in [0.1, 0.15) is 17.1 Å². The second-order valence-corrected chi connectivity index (χ2v) is 7.27. The van der Waals surface area contributed by atoms with Gasteiger partial charge < -0.3 is 20.3 Å². The lowest BCUT2D eigenvalue weighted by atomic mass is 9.77. The van der Waals surface area contributed by atoms with Crippen molar-refractivity contribution in [2.75, 3.05) is 14.2 Å². The fourth-order valence-corrected chi connectivity index (χ4v) is 3.96. The Balaban J connectivity index is 1.91. The van der Waals surface area contributed by atoms with E-state index in [1.165, 1.54) is 0 Å². The maximum Gasteiger partial charge on any atom is 0.134 e. The van der Waals surface area contributed by atoms with E-state index in [1.54, 1.807) is 14.2 Å². The summed E-state index contributed by atoms with van der Waals surface area (Å²) in [7, 11) is 3.24. The van der Waals surface area contributed by atoms with Gasteiger partial charge in [0.05, 0.1) is 20.3 Å². The Morgan fingerprint density at radius 2 is 1.20 bits per heavy atom. The molecule has 4 rings (SSSR count). The van der Waals surface area contributed by atoms with E-state index in [2.05, 4.69) is 0 Å². The summed E-state index contributed by atoms with van der Waals surface area (Å²) < 4.78 is 10.6. The topological polar surface area (TPSA) is 64.7 Å². The third-order valence-electron chi connectivity index (χ3n) is 5.67. The summed E-state index contributed by atoms with van der Waals surface area (Å²) in [5, 5.41) is 14.3. The highest BCUT2D eigenvalue weighted by Crippen LogP contribution is 2.42. The summed E-state index contributed by atoms with van der Waals surface area (Å²) >= 11 is 0. The first-order chi connectivity index (χ1) is 14.6. The van der Waals surface area contributed by atoms with Crippen LogP contribution in [-0.2, 0) is 5.60 Å². The highest BCUT2D eigenvalue weighted by molar-refractivity contribution is 5.86. The smallest absolute Gasteiger partial charge is 0.134 e. The van der Waals surface area contributed by atoms with Gasteiger partial charge in [-0.05, 0) is 51.7 Å². The van der Waals surface area contributed by atoms with Gasteiger partial charge in [-0.25, -0.2) is 0 Å². The quantitative estimate of drug-likeness (QED) is 0.489. The summed E-state index contributed by atoms with van der Waals surface area (Å²) in [6.07, 6.45) is 0. The Kier molecular flexibility index (Phi) is 5.44. The molecule has 4 heteroatoms. The van der Waals surface area contributed by atoms with Gasteiger partial charge in [-0.2, -0.15) is 0 Å². The molecule has 4 aromatic carbocycles. The summed E-state index contributed by atoms with van der Waals surface area (Å²) in [5.41, 5.74) is 7.63. The molecule has 152 valence electrons. The van der Waals surface area contributed by atoms with Gasteiger partial charge in [-0.3, -0.25) is 0 Å². The van der Waals surface area contributed by atoms with Crippen LogP contribution in [0.2, 0.25) is 0 Å². The molecule has 0 amide bonds. The lowest BCUT2D eigenvalue weighted by molar-refractivity contribution is 0.0516. The fraction of sp³-hybridized carbons (Fsp3) is 0.154. The van der Waals surface area contributed by atoms with Crippen LogP contribution in [0.1, 0.15) is 22.7 Å². The van der Waals surface area contributed by atoms with E-state index in [1.807, 2.05) is 91.0 Å². The number of hydrogen-bond acceptors (Lipinski definition) is 4. The molecule has 30 heavy (non-hydrogen) atoms. The van der Waals surface area contributed by atoms with Gasteiger partial charge in [-0.1, -0.05) is 66.7 Å². The van der Waals surface area contributed by atoms with Crippen LogP contribution >= 0.6 is 0 Å². The summed E-state index contributed by atoms with van der Waals surface area (Å²) in [5.74, 6) is 1.43. The standard InChI is InChI=1S/C26H25NO3/c1-29-21-14-10-19(11-15-21)26(28,20-12-16-22(30-2)17-13-20)25(27)24-9-5-7-18-6-3-4-8-23(18)24/h3-17,25,28H,27H2,1-2H3. The molecule has 0 aromatic heterocycles. The minimum Gasteiger partial charge on any atom is -0.497 e. The largest absolute Gasteiger partial charge is 0.497 e. The molecule has 0 saturated heterocycles. The zero-order valence-corrected chi connectivity index (χ0v) is 17.1. The molecule has 0 aliphatic heterocycles. The molecule has 0 spiro atoms. The predicted molar refractivity (Wildman–Crippen MR) is 120 cm³/mol. The SMILES string of the molecule is COc1ccc(C(O)(c2ccc(OC)cc2)C(N)c2cccc3ccccc23)cc1. The van der Waals surface area contributed by atoms with Gasteiger partial charge in [0.25, 0.3) is 0 Å². The van der Waals surface area contributed by atoms with E-state index < -0.39 is 11.6 Å². The van der Waals surface area contributed by atoms with Gasteiger partial charge in [-0.15, -0.1) is 0 Å². The molecular weight excluding hydrogens is 374 g/mol. The Hall–Kier alpha value is -3.34. The highest BCUT2D eigenvalue weighted by atomic mass is 16.5. The number of nitrogens with two attached hydrogens (primary N) is 1. The second-order valence-electron chi connectivity index (χ2n) is 7.27. The van der Waals surface area contributed by atoms with Crippen LogP contribution in [0.3, 0.4) is 0 Å². The van der Waals surface area contributed by atoms with Crippen LogP contribution in [0.5, 0.6) is 11.5 Å². The van der Waals surface area contributed by atoms with Crippen LogP contribution in [0.4, 0.5) is 0 Å². The van der Waals surface area contributed by atoms with E-state index in [0.717, 1.165) is 27.8 Å². The molecule has 4 aromatic rings. The molecule has 0 radical (unpaired) electrons. The predicted octanol–water partition coefficient (Wildman–Crippen LogP) is 4.79. The first kappa shape index (κ1) is 20.0. The number of aliphatic hydroxyl groups is 1. The van der Waals surface area contributed by atoms with Crippen LogP contribution in [0, 0.1) is 0 Å². The Morgan fingerprint density at radius 3 is 1.73 bits per heavy atom. The molecule has 0 aliphatic carbocycles. The van der Waals surface area contributed by atoms with Crippen molar-refractivity contribution in [1.29, 1.82) is 0 Å². The zero-order chi connectivity index (χ0) is 21.1. The molecule has 3 N–H and O–H groups in total. The molecule has 1 atom stereocenters. The molecule has 0 bridgehead atoms. The third kappa shape index (κ3) is 3.41. The first-order valence-electron chi connectivity index (χ1n) is 9.82. The molecule has 1 unspecified atom stereocenters. The second kappa shape index (κ2) is 8.19. The van der Waals surface area contributed by atoms with Crippen molar-refractivity contribution in [3.63, 3.8) is 0 Å². The summed E-state index contributed by atoms with van der Waals surface area (Å²) in [4.78, 5) is 0.